The van der Waals surface area contributed by atoms with Crippen LogP contribution < -0.4 is 5.32 Å². The van der Waals surface area contributed by atoms with Gasteiger partial charge in [-0.05, 0) is 19.3 Å². The number of hydrogen-bond acceptors (Lipinski definition) is 7. The maximum absolute atomic E-state index is 13.6. The van der Waals surface area contributed by atoms with Gasteiger partial charge >= 0.3 is 5.97 Å². The molecule has 9 nitrogen and oxygen atoms in total. The molecule has 0 radical (unpaired) electrons. The van der Waals surface area contributed by atoms with Crippen molar-refractivity contribution in [3.63, 3.8) is 0 Å². The monoisotopic (exact) mass is 451 g/mol. The molecule has 32 heavy (non-hydrogen) atoms. The molecule has 1 aliphatic carbocycles. The second-order valence-corrected chi connectivity index (χ2v) is 8.81. The van der Waals surface area contributed by atoms with Crippen LogP contribution in [0.15, 0.2) is 12.2 Å². The second kappa shape index (κ2) is 11.2. The van der Waals surface area contributed by atoms with Crippen molar-refractivity contribution in [2.45, 2.75) is 39.3 Å². The van der Waals surface area contributed by atoms with Gasteiger partial charge in [-0.15, -0.1) is 0 Å². The number of rotatable bonds is 9. The van der Waals surface area contributed by atoms with E-state index in [0.29, 0.717) is 32.7 Å². The van der Waals surface area contributed by atoms with E-state index in [0.717, 1.165) is 13.1 Å². The number of fused-ring (bicyclic) bond motifs is 1. The van der Waals surface area contributed by atoms with Crippen LogP contribution in [0.5, 0.6) is 0 Å². The fourth-order valence-electron chi connectivity index (χ4n) is 5.21. The average molecular weight is 452 g/mol. The Balaban J connectivity index is 1.81. The SMILES string of the molecule is CCOC(=O)[C@H]1[C@@H]2C(=O)N([C@@H](CC)CO)[C@H](C(=O)NCCN3CCOCC3)[C@H]2C=C[C@H]1C. The van der Waals surface area contributed by atoms with Crippen molar-refractivity contribution in [3.8, 4) is 0 Å². The van der Waals surface area contributed by atoms with Crippen LogP contribution in [0.25, 0.3) is 0 Å². The second-order valence-electron chi connectivity index (χ2n) is 8.81. The third-order valence-electron chi connectivity index (χ3n) is 6.94. The van der Waals surface area contributed by atoms with Gasteiger partial charge < -0.3 is 24.8 Å². The molecule has 0 bridgehead atoms. The van der Waals surface area contributed by atoms with E-state index in [-0.39, 0.29) is 30.9 Å². The number of morpholine rings is 1. The van der Waals surface area contributed by atoms with Crippen molar-refractivity contribution in [1.29, 1.82) is 0 Å². The Labute approximate surface area is 190 Å². The van der Waals surface area contributed by atoms with Crippen LogP contribution >= 0.6 is 0 Å². The summed E-state index contributed by atoms with van der Waals surface area (Å²) < 4.78 is 10.6. The summed E-state index contributed by atoms with van der Waals surface area (Å²) >= 11 is 0. The van der Waals surface area contributed by atoms with Crippen molar-refractivity contribution >= 4 is 17.8 Å². The Morgan fingerprint density at radius 3 is 2.62 bits per heavy atom. The summed E-state index contributed by atoms with van der Waals surface area (Å²) in [6, 6.07) is -1.23. The van der Waals surface area contributed by atoms with Gasteiger partial charge in [-0.2, -0.15) is 0 Å². The van der Waals surface area contributed by atoms with Crippen molar-refractivity contribution in [1.82, 2.24) is 15.1 Å². The van der Waals surface area contributed by atoms with E-state index in [9.17, 15) is 19.5 Å². The number of ether oxygens (including phenoxy) is 2. The van der Waals surface area contributed by atoms with Crippen LogP contribution in [-0.4, -0.2) is 97.4 Å². The Morgan fingerprint density at radius 2 is 2.00 bits per heavy atom. The lowest BCUT2D eigenvalue weighted by Crippen LogP contribution is -2.53. The van der Waals surface area contributed by atoms with E-state index in [2.05, 4.69) is 10.2 Å². The fraction of sp³-hybridized carbons (Fsp3) is 0.783. The predicted octanol–water partition coefficient (Wildman–Crippen LogP) is 0.0341. The summed E-state index contributed by atoms with van der Waals surface area (Å²) in [6.45, 7) is 9.73. The maximum atomic E-state index is 13.6. The average Bonchev–Trinajstić information content (AvgIpc) is 3.08. The first-order valence-electron chi connectivity index (χ1n) is 11.8. The van der Waals surface area contributed by atoms with Crippen LogP contribution in [0.4, 0.5) is 0 Å². The highest BCUT2D eigenvalue weighted by Crippen LogP contribution is 2.45. The van der Waals surface area contributed by atoms with Crippen molar-refractivity contribution in [3.05, 3.63) is 12.2 Å². The number of esters is 1. The van der Waals surface area contributed by atoms with Crippen LogP contribution in [0.2, 0.25) is 0 Å². The molecular formula is C23H37N3O6. The number of likely N-dealkylation sites (tertiary alicyclic amines) is 1. The Bertz CT molecular complexity index is 704. The third kappa shape index (κ3) is 5.00. The lowest BCUT2D eigenvalue weighted by molar-refractivity contribution is -0.155. The van der Waals surface area contributed by atoms with E-state index >= 15 is 0 Å². The first-order valence-corrected chi connectivity index (χ1v) is 11.8. The van der Waals surface area contributed by atoms with Crippen LogP contribution in [0, 0.1) is 23.7 Å². The third-order valence-corrected chi connectivity index (χ3v) is 6.94. The van der Waals surface area contributed by atoms with Crippen molar-refractivity contribution < 1.29 is 29.0 Å². The van der Waals surface area contributed by atoms with Crippen molar-refractivity contribution in [2.24, 2.45) is 23.7 Å². The lowest BCUT2D eigenvalue weighted by atomic mass is 9.70. The Morgan fingerprint density at radius 1 is 1.28 bits per heavy atom. The summed E-state index contributed by atoms with van der Waals surface area (Å²) in [4.78, 5) is 43.4. The van der Waals surface area contributed by atoms with Gasteiger partial charge in [-0.3, -0.25) is 19.3 Å². The van der Waals surface area contributed by atoms with Gasteiger partial charge in [-0.25, -0.2) is 0 Å². The van der Waals surface area contributed by atoms with Crippen LogP contribution in [0.1, 0.15) is 27.2 Å². The number of hydrogen-bond donors (Lipinski definition) is 2. The zero-order chi connectivity index (χ0) is 23.3. The minimum absolute atomic E-state index is 0.168. The smallest absolute Gasteiger partial charge is 0.310 e. The molecule has 0 aromatic carbocycles. The number of nitrogens with one attached hydrogen (secondary N) is 1. The zero-order valence-corrected chi connectivity index (χ0v) is 19.4. The van der Waals surface area contributed by atoms with E-state index in [4.69, 9.17) is 9.47 Å². The van der Waals surface area contributed by atoms with Crippen LogP contribution in [-0.2, 0) is 23.9 Å². The van der Waals surface area contributed by atoms with Gasteiger partial charge in [0.25, 0.3) is 0 Å². The first kappa shape index (κ1) is 24.7. The maximum Gasteiger partial charge on any atom is 0.310 e. The largest absolute Gasteiger partial charge is 0.466 e. The Kier molecular flexibility index (Phi) is 8.67. The Hall–Kier alpha value is -1.97. The standard InChI is InChI=1S/C23H37N3O6/c1-4-16(14-27)26-20(21(28)24-8-9-25-10-12-31-13-11-25)17-7-6-15(3)18(19(17)22(26)29)23(30)32-5-2/h6-7,15-20,27H,4-5,8-14H2,1-3H3,(H,24,28)/t15-,16+,17+,18-,19-,20+/m1/s1. The zero-order valence-electron chi connectivity index (χ0n) is 19.4. The fourth-order valence-corrected chi connectivity index (χ4v) is 5.21. The summed E-state index contributed by atoms with van der Waals surface area (Å²) in [7, 11) is 0. The number of carbonyl (C=O) groups excluding carboxylic acids is 3. The molecule has 2 saturated heterocycles. The molecule has 2 amide bonds. The quantitative estimate of drug-likeness (QED) is 0.376. The van der Waals surface area contributed by atoms with Crippen LogP contribution in [0.3, 0.4) is 0 Å². The number of aliphatic hydroxyl groups is 1. The van der Waals surface area contributed by atoms with E-state index in [1.807, 2.05) is 26.0 Å². The summed E-state index contributed by atoms with van der Waals surface area (Å²) in [5.41, 5.74) is 0. The number of allylic oxidation sites excluding steroid dienone is 1. The molecule has 0 saturated carbocycles. The van der Waals surface area contributed by atoms with Gasteiger partial charge in [-0.1, -0.05) is 26.0 Å². The van der Waals surface area contributed by atoms with Gasteiger partial charge in [0, 0.05) is 32.1 Å². The van der Waals surface area contributed by atoms with Gasteiger partial charge in [0.2, 0.25) is 11.8 Å². The lowest BCUT2D eigenvalue weighted by Gasteiger charge is -2.33. The number of nitrogens with zero attached hydrogens (tertiary/aromatic N) is 2. The normalized spacial score (nSPS) is 31.3. The summed E-state index contributed by atoms with van der Waals surface area (Å²) in [5.74, 6) is -2.80. The molecule has 2 N–H and O–H groups in total. The van der Waals surface area contributed by atoms with E-state index in [1.54, 1.807) is 6.92 Å². The molecule has 6 atom stereocenters. The number of amides is 2. The van der Waals surface area contributed by atoms with Gasteiger partial charge in [0.1, 0.15) is 6.04 Å². The molecule has 0 aromatic rings. The predicted molar refractivity (Wildman–Crippen MR) is 117 cm³/mol. The first-order chi connectivity index (χ1) is 15.4. The number of aliphatic hydroxyl groups excluding tert-OH is 1. The molecule has 9 heteroatoms. The number of carbonyl (C=O) groups is 3. The summed E-state index contributed by atoms with van der Waals surface area (Å²) in [6.07, 6.45) is 4.33. The van der Waals surface area contributed by atoms with Gasteiger partial charge in [0.15, 0.2) is 0 Å². The highest BCUT2D eigenvalue weighted by Gasteiger charge is 2.58. The van der Waals surface area contributed by atoms with Gasteiger partial charge in [0.05, 0.1) is 44.3 Å². The summed E-state index contributed by atoms with van der Waals surface area (Å²) in [5, 5.41) is 12.9. The molecule has 180 valence electrons. The minimum atomic E-state index is -0.755. The molecule has 3 aliphatic rings. The molecule has 0 unspecified atom stereocenters. The molecule has 2 aliphatic heterocycles. The molecule has 2 heterocycles. The topological polar surface area (TPSA) is 108 Å². The van der Waals surface area contributed by atoms with Crippen molar-refractivity contribution in [2.75, 3.05) is 52.6 Å². The highest BCUT2D eigenvalue weighted by atomic mass is 16.5. The molecular weight excluding hydrogens is 414 g/mol. The molecule has 0 aromatic heterocycles. The molecule has 0 spiro atoms. The minimum Gasteiger partial charge on any atom is -0.466 e. The van der Waals surface area contributed by atoms with E-state index < -0.39 is 35.8 Å². The van der Waals surface area contributed by atoms with E-state index in [1.165, 1.54) is 4.90 Å². The molecule has 3 rings (SSSR count). The molecule has 2 fully saturated rings. The highest BCUT2D eigenvalue weighted by molar-refractivity contribution is 5.96.